The van der Waals surface area contributed by atoms with Crippen LogP contribution < -0.4 is 5.73 Å². The summed E-state index contributed by atoms with van der Waals surface area (Å²) in [6.45, 7) is 1.37. The summed E-state index contributed by atoms with van der Waals surface area (Å²) in [5.74, 6) is 0.708. The van der Waals surface area contributed by atoms with E-state index in [-0.39, 0.29) is 0 Å². The van der Waals surface area contributed by atoms with Crippen molar-refractivity contribution in [3.8, 4) is 0 Å². The second-order valence-corrected chi connectivity index (χ2v) is 4.89. The summed E-state index contributed by atoms with van der Waals surface area (Å²) in [6, 6.07) is 0.515. The average Bonchev–Trinajstić information content (AvgIpc) is 2.66. The van der Waals surface area contributed by atoms with E-state index >= 15 is 0 Å². The van der Waals surface area contributed by atoms with Gasteiger partial charge in [0.25, 0.3) is 0 Å². The third-order valence-electron chi connectivity index (χ3n) is 3.87. The summed E-state index contributed by atoms with van der Waals surface area (Å²) in [4.78, 5) is 14.3. The molecule has 0 spiro atoms. The van der Waals surface area contributed by atoms with Crippen LogP contribution in [0.5, 0.6) is 0 Å². The standard InChI is InChI=1S/C12H22N2O/c13-8-9-14(11-6-3-7-11)12(15)10-4-1-2-5-10/h10-11H,1-9,13H2. The van der Waals surface area contributed by atoms with Gasteiger partial charge in [-0.15, -0.1) is 0 Å². The highest BCUT2D eigenvalue weighted by molar-refractivity contribution is 5.79. The Bertz CT molecular complexity index is 220. The summed E-state index contributed by atoms with van der Waals surface area (Å²) >= 11 is 0. The summed E-state index contributed by atoms with van der Waals surface area (Å²) in [5.41, 5.74) is 5.59. The molecule has 1 amide bonds. The van der Waals surface area contributed by atoms with Gasteiger partial charge in [0.05, 0.1) is 0 Å². The van der Waals surface area contributed by atoms with Crippen LogP contribution in [0.25, 0.3) is 0 Å². The van der Waals surface area contributed by atoms with Crippen molar-refractivity contribution in [3.63, 3.8) is 0 Å². The third kappa shape index (κ3) is 2.33. The molecule has 0 heterocycles. The number of carbonyl (C=O) groups excluding carboxylic acids is 1. The zero-order valence-electron chi connectivity index (χ0n) is 9.45. The van der Waals surface area contributed by atoms with Crippen molar-refractivity contribution >= 4 is 5.91 Å². The fourth-order valence-corrected chi connectivity index (χ4v) is 2.72. The third-order valence-corrected chi connectivity index (χ3v) is 3.87. The van der Waals surface area contributed by atoms with Crippen molar-refractivity contribution in [2.24, 2.45) is 11.7 Å². The molecule has 0 atom stereocenters. The zero-order valence-corrected chi connectivity index (χ0v) is 9.45. The second-order valence-electron chi connectivity index (χ2n) is 4.89. The molecule has 2 N–H and O–H groups in total. The van der Waals surface area contributed by atoms with Crippen molar-refractivity contribution in [2.45, 2.75) is 51.0 Å². The van der Waals surface area contributed by atoms with Gasteiger partial charge in [0, 0.05) is 25.0 Å². The molecule has 0 bridgehead atoms. The Hall–Kier alpha value is -0.570. The van der Waals surface area contributed by atoms with Gasteiger partial charge in [0.15, 0.2) is 0 Å². The number of carbonyl (C=O) groups is 1. The van der Waals surface area contributed by atoms with Crippen LogP contribution in [0.4, 0.5) is 0 Å². The molecule has 0 unspecified atom stereocenters. The highest BCUT2D eigenvalue weighted by atomic mass is 16.2. The normalized spacial score (nSPS) is 22.7. The van der Waals surface area contributed by atoms with Crippen LogP contribution in [0.2, 0.25) is 0 Å². The predicted molar refractivity (Wildman–Crippen MR) is 60.4 cm³/mol. The van der Waals surface area contributed by atoms with Gasteiger partial charge in [-0.05, 0) is 32.1 Å². The van der Waals surface area contributed by atoms with Crippen LogP contribution in [0.15, 0.2) is 0 Å². The molecule has 3 heteroatoms. The molecule has 2 fully saturated rings. The number of rotatable bonds is 4. The molecular weight excluding hydrogens is 188 g/mol. The summed E-state index contributed by atoms with van der Waals surface area (Å²) in [7, 11) is 0. The lowest BCUT2D eigenvalue weighted by Gasteiger charge is -2.38. The molecule has 0 aliphatic heterocycles. The van der Waals surface area contributed by atoms with Crippen molar-refractivity contribution in [2.75, 3.05) is 13.1 Å². The van der Waals surface area contributed by atoms with Crippen molar-refractivity contribution in [1.29, 1.82) is 0 Å². The highest BCUT2D eigenvalue weighted by Gasteiger charge is 2.33. The first-order valence-corrected chi connectivity index (χ1v) is 6.33. The molecule has 0 aromatic rings. The van der Waals surface area contributed by atoms with Gasteiger partial charge in [0.2, 0.25) is 5.91 Å². The zero-order chi connectivity index (χ0) is 10.7. The van der Waals surface area contributed by atoms with Crippen molar-refractivity contribution in [3.05, 3.63) is 0 Å². The smallest absolute Gasteiger partial charge is 0.225 e. The minimum atomic E-state index is 0.317. The van der Waals surface area contributed by atoms with E-state index in [4.69, 9.17) is 5.73 Å². The van der Waals surface area contributed by atoms with E-state index in [1.165, 1.54) is 32.1 Å². The number of amides is 1. The molecule has 2 rings (SSSR count). The van der Waals surface area contributed by atoms with Crippen LogP contribution in [0, 0.1) is 5.92 Å². The monoisotopic (exact) mass is 210 g/mol. The molecular formula is C12H22N2O. The summed E-state index contributed by atoms with van der Waals surface area (Å²) < 4.78 is 0. The van der Waals surface area contributed by atoms with Crippen LogP contribution in [-0.4, -0.2) is 29.9 Å². The van der Waals surface area contributed by atoms with Gasteiger partial charge in [-0.2, -0.15) is 0 Å². The molecule has 3 nitrogen and oxygen atoms in total. The lowest BCUT2D eigenvalue weighted by atomic mass is 9.90. The van der Waals surface area contributed by atoms with Crippen molar-refractivity contribution < 1.29 is 4.79 Å². The maximum absolute atomic E-state index is 12.2. The minimum Gasteiger partial charge on any atom is -0.338 e. The first kappa shape index (κ1) is 10.9. The van der Waals surface area contributed by atoms with E-state index in [1.54, 1.807) is 0 Å². The molecule has 2 aliphatic carbocycles. The average molecular weight is 210 g/mol. The van der Waals surface area contributed by atoms with E-state index in [0.717, 1.165) is 19.4 Å². The molecule has 0 saturated heterocycles. The molecule has 15 heavy (non-hydrogen) atoms. The first-order chi connectivity index (χ1) is 7.33. The highest BCUT2D eigenvalue weighted by Crippen LogP contribution is 2.31. The van der Waals surface area contributed by atoms with Crippen LogP contribution in [0.1, 0.15) is 44.9 Å². The Kier molecular flexibility index (Phi) is 3.62. The first-order valence-electron chi connectivity index (χ1n) is 6.33. The summed E-state index contributed by atoms with van der Waals surface area (Å²) in [6.07, 6.45) is 8.34. The molecule has 2 saturated carbocycles. The molecule has 2 aliphatic rings. The van der Waals surface area contributed by atoms with Gasteiger partial charge in [-0.25, -0.2) is 0 Å². The Balaban J connectivity index is 1.92. The van der Waals surface area contributed by atoms with Gasteiger partial charge < -0.3 is 10.6 Å². The molecule has 0 radical (unpaired) electrons. The van der Waals surface area contributed by atoms with E-state index in [1.807, 2.05) is 0 Å². The molecule has 0 aromatic carbocycles. The molecule has 86 valence electrons. The molecule has 0 aromatic heterocycles. The van der Waals surface area contributed by atoms with Crippen molar-refractivity contribution in [1.82, 2.24) is 4.90 Å². The maximum atomic E-state index is 12.2. The Labute approximate surface area is 92.0 Å². The number of hydrogen-bond acceptors (Lipinski definition) is 2. The largest absolute Gasteiger partial charge is 0.338 e. The minimum absolute atomic E-state index is 0.317. The lowest BCUT2D eigenvalue weighted by Crippen LogP contribution is -2.48. The number of nitrogens with zero attached hydrogens (tertiary/aromatic N) is 1. The summed E-state index contributed by atoms with van der Waals surface area (Å²) in [5, 5.41) is 0. The lowest BCUT2D eigenvalue weighted by molar-refractivity contribution is -0.139. The number of nitrogens with two attached hydrogens (primary N) is 1. The van der Waals surface area contributed by atoms with E-state index in [9.17, 15) is 4.79 Å². The Morgan fingerprint density at radius 3 is 2.27 bits per heavy atom. The number of hydrogen-bond donors (Lipinski definition) is 1. The van der Waals surface area contributed by atoms with E-state index < -0.39 is 0 Å². The SMILES string of the molecule is NCCN(C(=O)C1CCCC1)C1CCC1. The van der Waals surface area contributed by atoms with E-state index in [0.29, 0.717) is 24.4 Å². The Morgan fingerprint density at radius 1 is 1.13 bits per heavy atom. The maximum Gasteiger partial charge on any atom is 0.225 e. The van der Waals surface area contributed by atoms with E-state index in [2.05, 4.69) is 4.90 Å². The quantitative estimate of drug-likeness (QED) is 0.764. The van der Waals surface area contributed by atoms with Crippen LogP contribution >= 0.6 is 0 Å². The van der Waals surface area contributed by atoms with Crippen LogP contribution in [0.3, 0.4) is 0 Å². The fourth-order valence-electron chi connectivity index (χ4n) is 2.72. The fraction of sp³-hybridized carbons (Fsp3) is 0.917. The predicted octanol–water partition coefficient (Wildman–Crippen LogP) is 1.52. The van der Waals surface area contributed by atoms with Gasteiger partial charge >= 0.3 is 0 Å². The Morgan fingerprint density at radius 2 is 1.80 bits per heavy atom. The topological polar surface area (TPSA) is 46.3 Å². The van der Waals surface area contributed by atoms with Crippen LogP contribution in [-0.2, 0) is 4.79 Å². The van der Waals surface area contributed by atoms with Gasteiger partial charge in [0.1, 0.15) is 0 Å². The van der Waals surface area contributed by atoms with Gasteiger partial charge in [-0.3, -0.25) is 4.79 Å². The van der Waals surface area contributed by atoms with Gasteiger partial charge in [-0.1, -0.05) is 12.8 Å². The second kappa shape index (κ2) is 4.97.